The van der Waals surface area contributed by atoms with Gasteiger partial charge < -0.3 is 10.2 Å². The van der Waals surface area contributed by atoms with Crippen molar-refractivity contribution in [1.82, 2.24) is 4.90 Å². The molecule has 27 heavy (non-hydrogen) atoms. The summed E-state index contributed by atoms with van der Waals surface area (Å²) in [5.41, 5.74) is 3.29. The molecule has 2 aromatic carbocycles. The molecule has 1 aliphatic rings. The Morgan fingerprint density at radius 2 is 1.85 bits per heavy atom. The second-order valence-electron chi connectivity index (χ2n) is 7.11. The van der Waals surface area contributed by atoms with Crippen LogP contribution in [0.4, 0.5) is 16.2 Å². The van der Waals surface area contributed by atoms with E-state index in [-0.39, 0.29) is 17.8 Å². The van der Waals surface area contributed by atoms with Crippen LogP contribution in [0.3, 0.4) is 0 Å². The van der Waals surface area contributed by atoms with Crippen molar-refractivity contribution < 1.29 is 9.72 Å². The minimum atomic E-state index is -0.425. The largest absolute Gasteiger partial charge is 0.322 e. The van der Waals surface area contributed by atoms with E-state index in [1.54, 1.807) is 19.1 Å². The molecule has 0 spiro atoms. The van der Waals surface area contributed by atoms with Crippen LogP contribution in [-0.2, 0) is 0 Å². The highest BCUT2D eigenvalue weighted by Gasteiger charge is 2.27. The Kier molecular flexibility index (Phi) is 5.74. The Morgan fingerprint density at radius 3 is 2.56 bits per heavy atom. The lowest BCUT2D eigenvalue weighted by atomic mass is 10.00. The normalized spacial score (nSPS) is 17.3. The number of carbonyl (C=O) groups is 1. The van der Waals surface area contributed by atoms with Crippen molar-refractivity contribution in [3.8, 4) is 0 Å². The fourth-order valence-electron chi connectivity index (χ4n) is 3.63. The number of rotatable bonds is 3. The maximum atomic E-state index is 13.0. The molecule has 0 radical (unpaired) electrons. The predicted molar refractivity (Wildman–Crippen MR) is 106 cm³/mol. The molecular formula is C21H25N3O3. The highest BCUT2D eigenvalue weighted by Crippen LogP contribution is 2.32. The molecule has 1 saturated heterocycles. The molecular weight excluding hydrogens is 342 g/mol. The van der Waals surface area contributed by atoms with E-state index in [1.807, 2.05) is 11.8 Å². The maximum Gasteiger partial charge on any atom is 0.322 e. The van der Waals surface area contributed by atoms with Crippen LogP contribution in [0.15, 0.2) is 42.5 Å². The smallest absolute Gasteiger partial charge is 0.317 e. The van der Waals surface area contributed by atoms with Gasteiger partial charge in [-0.1, -0.05) is 48.7 Å². The number of nitrogens with zero attached hydrogens (tertiary/aromatic N) is 2. The van der Waals surface area contributed by atoms with Crippen molar-refractivity contribution in [2.45, 2.75) is 45.6 Å². The lowest BCUT2D eigenvalue weighted by Crippen LogP contribution is -2.38. The molecule has 2 aromatic rings. The van der Waals surface area contributed by atoms with Gasteiger partial charge in [-0.15, -0.1) is 0 Å². The Bertz CT molecular complexity index is 833. The van der Waals surface area contributed by atoms with E-state index < -0.39 is 4.92 Å². The summed E-state index contributed by atoms with van der Waals surface area (Å²) in [5.74, 6) is 0. The number of nitro benzene ring substituents is 1. The van der Waals surface area contributed by atoms with E-state index in [9.17, 15) is 14.9 Å². The molecule has 1 aliphatic heterocycles. The van der Waals surface area contributed by atoms with Crippen LogP contribution in [0.1, 0.15) is 48.4 Å². The molecule has 0 aromatic heterocycles. The molecule has 1 heterocycles. The maximum absolute atomic E-state index is 13.0. The van der Waals surface area contributed by atoms with Crippen LogP contribution in [0.5, 0.6) is 0 Å². The van der Waals surface area contributed by atoms with Gasteiger partial charge in [0.25, 0.3) is 5.69 Å². The number of likely N-dealkylation sites (tertiary alicyclic amines) is 1. The number of anilines is 1. The number of hydrogen-bond donors (Lipinski definition) is 1. The molecule has 2 amide bonds. The van der Waals surface area contributed by atoms with Crippen LogP contribution >= 0.6 is 0 Å². The first-order chi connectivity index (χ1) is 13.0. The number of hydrogen-bond acceptors (Lipinski definition) is 3. The number of nitro groups is 1. The molecule has 1 atom stereocenters. The van der Waals surface area contributed by atoms with Crippen LogP contribution in [0, 0.1) is 24.0 Å². The van der Waals surface area contributed by atoms with Gasteiger partial charge in [-0.3, -0.25) is 10.1 Å². The van der Waals surface area contributed by atoms with Crippen molar-refractivity contribution >= 4 is 17.4 Å². The van der Waals surface area contributed by atoms with E-state index in [1.165, 1.54) is 11.6 Å². The van der Waals surface area contributed by atoms with Gasteiger partial charge in [-0.05, 0) is 38.3 Å². The number of amides is 2. The molecule has 1 N–H and O–H groups in total. The van der Waals surface area contributed by atoms with Crippen molar-refractivity contribution in [3.63, 3.8) is 0 Å². The first-order valence-electron chi connectivity index (χ1n) is 9.35. The Balaban J connectivity index is 1.85. The highest BCUT2D eigenvalue weighted by molar-refractivity contribution is 5.91. The van der Waals surface area contributed by atoms with Crippen molar-refractivity contribution in [2.75, 3.05) is 11.9 Å². The third kappa shape index (κ3) is 4.27. The number of nitrogens with one attached hydrogen (secondary N) is 1. The van der Waals surface area contributed by atoms with Crippen molar-refractivity contribution in [3.05, 3.63) is 69.3 Å². The quantitative estimate of drug-likeness (QED) is 0.586. The highest BCUT2D eigenvalue weighted by atomic mass is 16.6. The van der Waals surface area contributed by atoms with Gasteiger partial charge in [0.1, 0.15) is 0 Å². The van der Waals surface area contributed by atoms with Crippen LogP contribution in [0.2, 0.25) is 0 Å². The minimum absolute atomic E-state index is 0.0127. The molecule has 3 rings (SSSR count). The molecule has 6 nitrogen and oxygen atoms in total. The van der Waals surface area contributed by atoms with Gasteiger partial charge in [0.05, 0.1) is 22.2 Å². The number of urea groups is 1. The van der Waals surface area contributed by atoms with Gasteiger partial charge in [-0.25, -0.2) is 4.79 Å². The monoisotopic (exact) mass is 367 g/mol. The lowest BCUT2D eigenvalue weighted by molar-refractivity contribution is -0.385. The van der Waals surface area contributed by atoms with Crippen LogP contribution in [-0.4, -0.2) is 22.4 Å². The summed E-state index contributed by atoms with van der Waals surface area (Å²) in [6.45, 7) is 4.39. The van der Waals surface area contributed by atoms with Crippen molar-refractivity contribution in [2.24, 2.45) is 0 Å². The first-order valence-corrected chi connectivity index (χ1v) is 9.35. The second kappa shape index (κ2) is 8.20. The molecule has 142 valence electrons. The van der Waals surface area contributed by atoms with Gasteiger partial charge in [-0.2, -0.15) is 0 Å². The first kappa shape index (κ1) is 18.9. The Labute approximate surface area is 159 Å². The fourth-order valence-corrected chi connectivity index (χ4v) is 3.63. The SMILES string of the molecule is Cc1ccc([C@H]2CCCCCN2C(=O)Nc2cccc([N+](=O)[O-])c2C)cc1. The third-order valence-corrected chi connectivity index (χ3v) is 5.22. The molecule has 0 saturated carbocycles. The summed E-state index contributed by atoms with van der Waals surface area (Å²) in [6, 6.07) is 12.9. The lowest BCUT2D eigenvalue weighted by Gasteiger charge is -2.31. The summed E-state index contributed by atoms with van der Waals surface area (Å²) < 4.78 is 0. The summed E-state index contributed by atoms with van der Waals surface area (Å²) in [5, 5.41) is 14.1. The number of carbonyl (C=O) groups excluding carboxylic acids is 1. The Morgan fingerprint density at radius 1 is 1.11 bits per heavy atom. The summed E-state index contributed by atoms with van der Waals surface area (Å²) in [4.78, 5) is 25.6. The zero-order chi connectivity index (χ0) is 19.4. The summed E-state index contributed by atoms with van der Waals surface area (Å²) >= 11 is 0. The second-order valence-corrected chi connectivity index (χ2v) is 7.11. The average molecular weight is 367 g/mol. The molecule has 0 aliphatic carbocycles. The molecule has 0 unspecified atom stereocenters. The van der Waals surface area contributed by atoms with Crippen LogP contribution < -0.4 is 5.32 Å². The zero-order valence-electron chi connectivity index (χ0n) is 15.8. The van der Waals surface area contributed by atoms with Crippen molar-refractivity contribution in [1.29, 1.82) is 0 Å². The summed E-state index contributed by atoms with van der Waals surface area (Å²) in [7, 11) is 0. The Hall–Kier alpha value is -2.89. The van der Waals surface area contributed by atoms with E-state index in [2.05, 4.69) is 29.6 Å². The zero-order valence-corrected chi connectivity index (χ0v) is 15.8. The third-order valence-electron chi connectivity index (χ3n) is 5.22. The number of benzene rings is 2. The molecule has 6 heteroatoms. The topological polar surface area (TPSA) is 75.5 Å². The minimum Gasteiger partial charge on any atom is -0.317 e. The van der Waals surface area contributed by atoms with E-state index in [4.69, 9.17) is 0 Å². The van der Waals surface area contributed by atoms with E-state index in [0.29, 0.717) is 17.8 Å². The molecule has 1 fully saturated rings. The average Bonchev–Trinajstić information content (AvgIpc) is 2.90. The van der Waals surface area contributed by atoms with Gasteiger partial charge in [0, 0.05) is 12.6 Å². The molecule has 0 bridgehead atoms. The summed E-state index contributed by atoms with van der Waals surface area (Å²) in [6.07, 6.45) is 4.06. The van der Waals surface area contributed by atoms with E-state index >= 15 is 0 Å². The van der Waals surface area contributed by atoms with Gasteiger partial charge in [0.2, 0.25) is 0 Å². The van der Waals surface area contributed by atoms with Gasteiger partial charge >= 0.3 is 6.03 Å². The number of aryl methyl sites for hydroxylation is 1. The van der Waals surface area contributed by atoms with Gasteiger partial charge in [0.15, 0.2) is 0 Å². The van der Waals surface area contributed by atoms with Crippen LogP contribution in [0.25, 0.3) is 0 Å². The predicted octanol–water partition coefficient (Wildman–Crippen LogP) is 5.36. The van der Waals surface area contributed by atoms with E-state index in [0.717, 1.165) is 31.2 Å². The fraction of sp³-hybridized carbons (Fsp3) is 0.381. The standard InChI is InChI=1S/C21H25N3O3/c1-15-10-12-17(13-11-15)20-8-4-3-5-14-23(20)21(25)22-18-7-6-9-19(16(18)2)24(26)27/h6-7,9-13,20H,3-5,8,14H2,1-2H3,(H,22,25)/t20-/m1/s1.